The molecule has 5 nitrogen and oxygen atoms in total. The van der Waals surface area contributed by atoms with Crippen LogP contribution in [0.1, 0.15) is 24.2 Å². The lowest BCUT2D eigenvalue weighted by Crippen LogP contribution is -2.34. The van der Waals surface area contributed by atoms with Crippen LogP contribution in [0.4, 0.5) is 14.9 Å². The lowest BCUT2D eigenvalue weighted by atomic mass is 10.2. The zero-order valence-electron chi connectivity index (χ0n) is 9.45. The Morgan fingerprint density at radius 2 is 2.00 bits per heavy atom. The van der Waals surface area contributed by atoms with E-state index in [9.17, 15) is 14.0 Å². The van der Waals surface area contributed by atoms with Crippen molar-refractivity contribution in [1.82, 2.24) is 5.32 Å². The summed E-state index contributed by atoms with van der Waals surface area (Å²) in [6.07, 6.45) is 0. The van der Waals surface area contributed by atoms with Gasteiger partial charge in [-0.2, -0.15) is 0 Å². The largest absolute Gasteiger partial charge is 0.478 e. The minimum atomic E-state index is -1.38. The lowest BCUT2D eigenvalue weighted by molar-refractivity contribution is 0.0692. The van der Waals surface area contributed by atoms with E-state index < -0.39 is 23.4 Å². The van der Waals surface area contributed by atoms with E-state index in [1.54, 1.807) is 13.8 Å². The fourth-order valence-electron chi connectivity index (χ4n) is 1.20. The van der Waals surface area contributed by atoms with E-state index >= 15 is 0 Å². The summed E-state index contributed by atoms with van der Waals surface area (Å²) in [5.41, 5.74) is -0.255. The van der Waals surface area contributed by atoms with Gasteiger partial charge in [0.15, 0.2) is 0 Å². The smallest absolute Gasteiger partial charge is 0.338 e. The second-order valence-electron chi connectivity index (χ2n) is 3.75. The molecule has 0 aromatic heterocycles. The third-order valence-corrected chi connectivity index (χ3v) is 1.87. The highest BCUT2D eigenvalue weighted by atomic mass is 19.1. The molecule has 0 bridgehead atoms. The third-order valence-electron chi connectivity index (χ3n) is 1.87. The molecule has 0 aliphatic heterocycles. The summed E-state index contributed by atoms with van der Waals surface area (Å²) in [6.45, 7) is 3.57. The number of amides is 2. The standard InChI is InChI=1S/C11H13FN2O3/c1-6(2)13-11(17)14-7-3-4-9(12)8(5-7)10(15)16/h3-6H,1-2H3,(H,15,16)(H2,13,14,17). The molecule has 0 unspecified atom stereocenters. The SMILES string of the molecule is CC(C)NC(=O)Nc1ccc(F)c(C(=O)O)c1. The topological polar surface area (TPSA) is 78.4 Å². The van der Waals surface area contributed by atoms with E-state index in [4.69, 9.17) is 5.11 Å². The van der Waals surface area contributed by atoms with Crippen LogP contribution in [0, 0.1) is 5.82 Å². The molecule has 3 N–H and O–H groups in total. The maximum atomic E-state index is 13.1. The predicted octanol–water partition coefficient (Wildman–Crippen LogP) is 2.05. The number of benzene rings is 1. The lowest BCUT2D eigenvalue weighted by Gasteiger charge is -2.10. The molecule has 0 radical (unpaired) electrons. The van der Waals surface area contributed by atoms with Crippen molar-refractivity contribution in [2.24, 2.45) is 0 Å². The highest BCUT2D eigenvalue weighted by Gasteiger charge is 2.12. The number of urea groups is 1. The van der Waals surface area contributed by atoms with Gasteiger partial charge in [0.1, 0.15) is 5.82 Å². The number of carbonyl (C=O) groups excluding carboxylic acids is 1. The molecule has 0 aliphatic carbocycles. The van der Waals surface area contributed by atoms with Gasteiger partial charge in [-0.25, -0.2) is 14.0 Å². The molecule has 0 spiro atoms. The van der Waals surface area contributed by atoms with Crippen LogP contribution in [0.25, 0.3) is 0 Å². The van der Waals surface area contributed by atoms with Crippen molar-refractivity contribution in [2.45, 2.75) is 19.9 Å². The van der Waals surface area contributed by atoms with Gasteiger partial charge >= 0.3 is 12.0 Å². The van der Waals surface area contributed by atoms with Crippen molar-refractivity contribution in [3.05, 3.63) is 29.6 Å². The van der Waals surface area contributed by atoms with Crippen molar-refractivity contribution < 1.29 is 19.1 Å². The molecule has 17 heavy (non-hydrogen) atoms. The van der Waals surface area contributed by atoms with Gasteiger partial charge < -0.3 is 15.7 Å². The Morgan fingerprint density at radius 1 is 1.35 bits per heavy atom. The van der Waals surface area contributed by atoms with Crippen molar-refractivity contribution >= 4 is 17.7 Å². The van der Waals surface area contributed by atoms with E-state index in [2.05, 4.69) is 10.6 Å². The highest BCUT2D eigenvalue weighted by molar-refractivity contribution is 5.93. The molecule has 6 heteroatoms. The summed E-state index contributed by atoms with van der Waals surface area (Å²) in [4.78, 5) is 22.0. The molecule has 2 amide bonds. The zero-order valence-corrected chi connectivity index (χ0v) is 9.45. The molecule has 0 heterocycles. The molecular weight excluding hydrogens is 227 g/mol. The van der Waals surface area contributed by atoms with Gasteiger partial charge in [0.25, 0.3) is 0 Å². The van der Waals surface area contributed by atoms with Crippen LogP contribution < -0.4 is 10.6 Å². The first kappa shape index (κ1) is 13.0. The number of rotatable bonds is 3. The average molecular weight is 240 g/mol. The number of aromatic carboxylic acids is 1. The van der Waals surface area contributed by atoms with Crippen LogP contribution in [0.3, 0.4) is 0 Å². The summed E-state index contributed by atoms with van der Waals surface area (Å²) < 4.78 is 13.1. The molecule has 92 valence electrons. The Morgan fingerprint density at radius 3 is 2.53 bits per heavy atom. The van der Waals surface area contributed by atoms with E-state index in [0.717, 1.165) is 12.1 Å². The summed E-state index contributed by atoms with van der Waals surface area (Å²) in [5.74, 6) is -2.22. The first-order chi connectivity index (χ1) is 7.90. The number of halogens is 1. The Balaban J connectivity index is 2.82. The first-order valence-electron chi connectivity index (χ1n) is 5.00. The van der Waals surface area contributed by atoms with Crippen molar-refractivity contribution in [1.29, 1.82) is 0 Å². The summed E-state index contributed by atoms with van der Waals surface area (Å²) >= 11 is 0. The first-order valence-corrected chi connectivity index (χ1v) is 5.00. The maximum absolute atomic E-state index is 13.1. The normalized spacial score (nSPS) is 10.1. The Labute approximate surface area is 97.6 Å². The van der Waals surface area contributed by atoms with Gasteiger partial charge in [-0.15, -0.1) is 0 Å². The predicted molar refractivity (Wildman–Crippen MR) is 60.6 cm³/mol. The molecule has 0 saturated heterocycles. The maximum Gasteiger partial charge on any atom is 0.338 e. The Bertz CT molecular complexity index is 446. The minimum absolute atomic E-state index is 0.0469. The number of anilines is 1. The second-order valence-corrected chi connectivity index (χ2v) is 3.75. The molecule has 0 aliphatic rings. The third kappa shape index (κ3) is 3.75. The summed E-state index contributed by atoms with van der Waals surface area (Å²) in [6, 6.07) is 2.84. The Kier molecular flexibility index (Phi) is 4.03. The van der Waals surface area contributed by atoms with E-state index in [-0.39, 0.29) is 11.7 Å². The number of hydrogen-bond acceptors (Lipinski definition) is 2. The van der Waals surface area contributed by atoms with Crippen molar-refractivity contribution in [3.8, 4) is 0 Å². The minimum Gasteiger partial charge on any atom is -0.478 e. The molecule has 1 rings (SSSR count). The van der Waals surface area contributed by atoms with Gasteiger partial charge in [0.05, 0.1) is 5.56 Å². The number of carboxylic acid groups (broad SMARTS) is 1. The molecular formula is C11H13FN2O3. The molecule has 1 aromatic rings. The fraction of sp³-hybridized carbons (Fsp3) is 0.273. The fourth-order valence-corrected chi connectivity index (χ4v) is 1.20. The van der Waals surface area contributed by atoms with Crippen LogP contribution in [-0.4, -0.2) is 23.1 Å². The zero-order chi connectivity index (χ0) is 13.0. The summed E-state index contributed by atoms with van der Waals surface area (Å²) in [7, 11) is 0. The number of nitrogens with one attached hydrogen (secondary N) is 2. The van der Waals surface area contributed by atoms with Crippen molar-refractivity contribution in [2.75, 3.05) is 5.32 Å². The number of hydrogen-bond donors (Lipinski definition) is 3. The van der Waals surface area contributed by atoms with Gasteiger partial charge in [0, 0.05) is 11.7 Å². The van der Waals surface area contributed by atoms with Gasteiger partial charge in [0.2, 0.25) is 0 Å². The van der Waals surface area contributed by atoms with Crippen LogP contribution in [-0.2, 0) is 0 Å². The van der Waals surface area contributed by atoms with E-state index in [1.807, 2.05) is 0 Å². The quantitative estimate of drug-likeness (QED) is 0.756. The van der Waals surface area contributed by atoms with E-state index in [1.165, 1.54) is 6.07 Å². The Hall–Kier alpha value is -2.11. The van der Waals surface area contributed by atoms with Crippen LogP contribution in [0.2, 0.25) is 0 Å². The summed E-state index contributed by atoms with van der Waals surface area (Å²) in [5, 5.41) is 13.7. The van der Waals surface area contributed by atoms with Crippen LogP contribution in [0.5, 0.6) is 0 Å². The van der Waals surface area contributed by atoms with E-state index in [0.29, 0.717) is 0 Å². The van der Waals surface area contributed by atoms with Gasteiger partial charge in [-0.1, -0.05) is 0 Å². The number of carbonyl (C=O) groups is 2. The van der Waals surface area contributed by atoms with Crippen LogP contribution >= 0.6 is 0 Å². The van der Waals surface area contributed by atoms with Crippen LogP contribution in [0.15, 0.2) is 18.2 Å². The molecule has 0 atom stereocenters. The molecule has 0 saturated carbocycles. The monoisotopic (exact) mass is 240 g/mol. The number of carboxylic acids is 1. The second kappa shape index (κ2) is 5.29. The van der Waals surface area contributed by atoms with Gasteiger partial charge in [-0.3, -0.25) is 0 Å². The average Bonchev–Trinajstić information content (AvgIpc) is 2.19. The molecule has 0 fully saturated rings. The molecule has 1 aromatic carbocycles. The van der Waals surface area contributed by atoms with Crippen molar-refractivity contribution in [3.63, 3.8) is 0 Å². The van der Waals surface area contributed by atoms with Gasteiger partial charge in [-0.05, 0) is 32.0 Å². The highest BCUT2D eigenvalue weighted by Crippen LogP contribution is 2.14.